The van der Waals surface area contributed by atoms with Crippen molar-refractivity contribution in [2.75, 3.05) is 0 Å². The van der Waals surface area contributed by atoms with Crippen molar-refractivity contribution >= 4 is 0 Å². The van der Waals surface area contributed by atoms with Gasteiger partial charge in [0.05, 0.1) is 11.3 Å². The van der Waals surface area contributed by atoms with Gasteiger partial charge in [-0.25, -0.2) is 0 Å². The van der Waals surface area contributed by atoms with Crippen LogP contribution in [0.4, 0.5) is 13.2 Å². The maximum Gasteiger partial charge on any atom is 0.416 e. The van der Waals surface area contributed by atoms with Crippen LogP contribution in [0.3, 0.4) is 0 Å². The molecule has 1 aromatic heterocycles. The van der Waals surface area contributed by atoms with Gasteiger partial charge >= 0.3 is 6.18 Å². The lowest BCUT2D eigenvalue weighted by Crippen LogP contribution is -2.04. The first kappa shape index (κ1) is 13.4. The number of pyridine rings is 1. The molecular formula is C13H11F3N2O. The van der Waals surface area contributed by atoms with Crippen molar-refractivity contribution in [3.63, 3.8) is 0 Å². The third-order valence-electron chi connectivity index (χ3n) is 2.39. The summed E-state index contributed by atoms with van der Waals surface area (Å²) in [6.45, 7) is 0.236. The van der Waals surface area contributed by atoms with E-state index in [0.29, 0.717) is 11.4 Å². The Balaban J connectivity index is 2.23. The molecule has 2 N–H and O–H groups in total. The van der Waals surface area contributed by atoms with Crippen LogP contribution in [-0.2, 0) is 12.7 Å². The number of ether oxygens (including phenoxy) is 1. The lowest BCUT2D eigenvalue weighted by Gasteiger charge is -2.10. The Morgan fingerprint density at radius 3 is 2.53 bits per heavy atom. The van der Waals surface area contributed by atoms with Gasteiger partial charge in [-0.3, -0.25) is 4.98 Å². The number of rotatable bonds is 3. The zero-order valence-electron chi connectivity index (χ0n) is 9.82. The van der Waals surface area contributed by atoms with E-state index in [1.54, 1.807) is 12.1 Å². The zero-order chi connectivity index (χ0) is 13.9. The maximum absolute atomic E-state index is 12.5. The highest BCUT2D eigenvalue weighted by atomic mass is 19.4. The monoisotopic (exact) mass is 268 g/mol. The van der Waals surface area contributed by atoms with Crippen LogP contribution in [0.2, 0.25) is 0 Å². The number of halogens is 3. The van der Waals surface area contributed by atoms with Crippen LogP contribution in [0.15, 0.2) is 42.6 Å². The van der Waals surface area contributed by atoms with Crippen LogP contribution < -0.4 is 10.5 Å². The average molecular weight is 268 g/mol. The Morgan fingerprint density at radius 2 is 1.84 bits per heavy atom. The van der Waals surface area contributed by atoms with Crippen LogP contribution in [0.25, 0.3) is 0 Å². The van der Waals surface area contributed by atoms with Gasteiger partial charge in [-0.15, -0.1) is 0 Å². The van der Waals surface area contributed by atoms with Crippen LogP contribution in [0.1, 0.15) is 11.3 Å². The average Bonchev–Trinajstić information content (AvgIpc) is 2.38. The summed E-state index contributed by atoms with van der Waals surface area (Å²) in [7, 11) is 0. The first-order valence-corrected chi connectivity index (χ1v) is 5.49. The molecule has 100 valence electrons. The van der Waals surface area contributed by atoms with E-state index in [4.69, 9.17) is 10.5 Å². The van der Waals surface area contributed by atoms with Gasteiger partial charge in [0.2, 0.25) is 0 Å². The van der Waals surface area contributed by atoms with E-state index in [1.807, 2.05) is 0 Å². The Labute approximate surface area is 107 Å². The summed E-state index contributed by atoms with van der Waals surface area (Å²) in [5.74, 6) is 0.513. The van der Waals surface area contributed by atoms with Crippen LogP contribution >= 0.6 is 0 Å². The predicted octanol–water partition coefficient (Wildman–Crippen LogP) is 3.35. The van der Waals surface area contributed by atoms with Crippen LogP contribution in [-0.4, -0.2) is 4.98 Å². The molecule has 0 fully saturated rings. The van der Waals surface area contributed by atoms with E-state index in [-0.39, 0.29) is 12.3 Å². The van der Waals surface area contributed by atoms with Gasteiger partial charge in [-0.2, -0.15) is 13.2 Å². The highest BCUT2D eigenvalue weighted by Gasteiger charge is 2.30. The summed E-state index contributed by atoms with van der Waals surface area (Å²) in [5, 5.41) is 0. The SMILES string of the molecule is NCc1cc(Oc2cccc(C(F)(F)F)c2)ccn1. The minimum Gasteiger partial charge on any atom is -0.457 e. The normalized spacial score (nSPS) is 11.4. The quantitative estimate of drug-likeness (QED) is 0.928. The van der Waals surface area contributed by atoms with Gasteiger partial charge in [0.25, 0.3) is 0 Å². The molecule has 1 aromatic carbocycles. The van der Waals surface area contributed by atoms with E-state index in [0.717, 1.165) is 12.1 Å². The number of hydrogen-bond acceptors (Lipinski definition) is 3. The minimum absolute atomic E-state index is 0.115. The molecule has 0 saturated carbocycles. The van der Waals surface area contributed by atoms with Crippen molar-refractivity contribution in [1.29, 1.82) is 0 Å². The number of benzene rings is 1. The first-order chi connectivity index (χ1) is 8.99. The van der Waals surface area contributed by atoms with Crippen molar-refractivity contribution < 1.29 is 17.9 Å². The topological polar surface area (TPSA) is 48.1 Å². The Hall–Kier alpha value is -2.08. The van der Waals surface area contributed by atoms with Gasteiger partial charge < -0.3 is 10.5 Å². The summed E-state index contributed by atoms with van der Waals surface area (Å²) >= 11 is 0. The smallest absolute Gasteiger partial charge is 0.416 e. The lowest BCUT2D eigenvalue weighted by atomic mass is 10.2. The molecule has 0 aliphatic heterocycles. The highest BCUT2D eigenvalue weighted by molar-refractivity contribution is 5.35. The molecule has 0 amide bonds. The summed E-state index contributed by atoms with van der Waals surface area (Å²) < 4.78 is 43.0. The molecular weight excluding hydrogens is 257 g/mol. The third kappa shape index (κ3) is 3.45. The van der Waals surface area contributed by atoms with Crippen molar-refractivity contribution in [3.8, 4) is 11.5 Å². The molecule has 0 spiro atoms. The number of alkyl halides is 3. The molecule has 0 atom stereocenters. The van der Waals surface area contributed by atoms with Crippen molar-refractivity contribution in [1.82, 2.24) is 4.98 Å². The van der Waals surface area contributed by atoms with Gasteiger partial charge in [0.15, 0.2) is 0 Å². The van der Waals surface area contributed by atoms with Crippen LogP contribution in [0.5, 0.6) is 11.5 Å². The Kier molecular flexibility index (Phi) is 3.71. The maximum atomic E-state index is 12.5. The third-order valence-corrected chi connectivity index (χ3v) is 2.39. The largest absolute Gasteiger partial charge is 0.457 e. The van der Waals surface area contributed by atoms with Crippen LogP contribution in [0, 0.1) is 0 Å². The second-order valence-electron chi connectivity index (χ2n) is 3.81. The van der Waals surface area contributed by atoms with E-state index >= 15 is 0 Å². The number of aromatic nitrogens is 1. The molecule has 0 bridgehead atoms. The molecule has 2 rings (SSSR count). The molecule has 1 heterocycles. The van der Waals surface area contributed by atoms with E-state index < -0.39 is 11.7 Å². The van der Waals surface area contributed by atoms with Gasteiger partial charge in [-0.05, 0) is 24.3 Å². The zero-order valence-corrected chi connectivity index (χ0v) is 9.82. The molecule has 2 aromatic rings. The Bertz CT molecular complexity index is 570. The molecule has 19 heavy (non-hydrogen) atoms. The molecule has 0 aliphatic rings. The minimum atomic E-state index is -4.39. The fourth-order valence-electron chi connectivity index (χ4n) is 1.50. The fourth-order valence-corrected chi connectivity index (χ4v) is 1.50. The first-order valence-electron chi connectivity index (χ1n) is 5.49. The molecule has 3 nitrogen and oxygen atoms in total. The number of nitrogens with two attached hydrogens (primary N) is 1. The van der Waals surface area contributed by atoms with Crippen molar-refractivity contribution in [3.05, 3.63) is 53.9 Å². The fraction of sp³-hybridized carbons (Fsp3) is 0.154. The van der Waals surface area contributed by atoms with Gasteiger partial charge in [0.1, 0.15) is 11.5 Å². The molecule has 0 unspecified atom stereocenters. The number of nitrogens with zero attached hydrogens (tertiary/aromatic N) is 1. The summed E-state index contributed by atoms with van der Waals surface area (Å²) in [5.41, 5.74) is 5.28. The van der Waals surface area contributed by atoms with Gasteiger partial charge in [0, 0.05) is 18.8 Å². The number of hydrogen-bond donors (Lipinski definition) is 1. The summed E-state index contributed by atoms with van der Waals surface area (Å²) in [6.07, 6.45) is -2.90. The van der Waals surface area contributed by atoms with Crippen molar-refractivity contribution in [2.24, 2.45) is 5.73 Å². The summed E-state index contributed by atoms with van der Waals surface area (Å²) in [6, 6.07) is 7.83. The van der Waals surface area contributed by atoms with Gasteiger partial charge in [-0.1, -0.05) is 6.07 Å². The second kappa shape index (κ2) is 5.27. The molecule has 0 saturated heterocycles. The predicted molar refractivity (Wildman–Crippen MR) is 63.6 cm³/mol. The molecule has 0 radical (unpaired) electrons. The molecule has 0 aliphatic carbocycles. The second-order valence-corrected chi connectivity index (χ2v) is 3.81. The standard InChI is InChI=1S/C13H11F3N2O/c14-13(15,16)9-2-1-3-11(6-9)19-12-4-5-18-10(7-12)8-17/h1-7H,8,17H2. The van der Waals surface area contributed by atoms with E-state index in [9.17, 15) is 13.2 Å². The van der Waals surface area contributed by atoms with Crippen molar-refractivity contribution in [2.45, 2.75) is 12.7 Å². The van der Waals surface area contributed by atoms with E-state index in [2.05, 4.69) is 4.98 Å². The Morgan fingerprint density at radius 1 is 1.11 bits per heavy atom. The lowest BCUT2D eigenvalue weighted by molar-refractivity contribution is -0.137. The van der Waals surface area contributed by atoms with E-state index in [1.165, 1.54) is 18.3 Å². The molecule has 6 heteroatoms. The highest BCUT2D eigenvalue weighted by Crippen LogP contribution is 2.32. The summed E-state index contributed by atoms with van der Waals surface area (Å²) in [4.78, 5) is 3.97.